The van der Waals surface area contributed by atoms with Gasteiger partial charge in [0, 0.05) is 18.1 Å². The van der Waals surface area contributed by atoms with E-state index in [1.54, 1.807) is 36.5 Å². The number of carbonyl (C=O) groups is 1. The normalized spacial score (nSPS) is 10.7. The van der Waals surface area contributed by atoms with Crippen LogP contribution in [0.2, 0.25) is 0 Å². The Labute approximate surface area is 119 Å². The number of amides is 1. The maximum Gasteiger partial charge on any atom is 0.275 e. The molecule has 3 rings (SSSR count). The van der Waals surface area contributed by atoms with Gasteiger partial charge in [-0.2, -0.15) is 5.10 Å². The summed E-state index contributed by atoms with van der Waals surface area (Å²) in [7, 11) is 1.79. The molecule has 0 spiro atoms. The van der Waals surface area contributed by atoms with E-state index in [4.69, 9.17) is 4.42 Å². The van der Waals surface area contributed by atoms with Crippen LogP contribution in [0.5, 0.6) is 0 Å². The lowest BCUT2D eigenvalue weighted by Gasteiger charge is -1.99. The van der Waals surface area contributed by atoms with Gasteiger partial charge in [-0.15, -0.1) is 11.3 Å². The van der Waals surface area contributed by atoms with Gasteiger partial charge in [0.05, 0.1) is 18.1 Å². The molecule has 0 bridgehead atoms. The number of furan rings is 1. The molecule has 0 aliphatic rings. The Balaban J connectivity index is 1.85. The number of carbonyl (C=O) groups excluding carboxylic acids is 1. The highest BCUT2D eigenvalue weighted by Gasteiger charge is 2.18. The smallest absolute Gasteiger partial charge is 0.275 e. The zero-order chi connectivity index (χ0) is 14.1. The van der Waals surface area contributed by atoms with Crippen molar-refractivity contribution in [3.05, 3.63) is 41.4 Å². The van der Waals surface area contributed by atoms with Gasteiger partial charge in [-0.1, -0.05) is 0 Å². The van der Waals surface area contributed by atoms with E-state index in [1.165, 1.54) is 11.3 Å². The molecule has 0 unspecified atom stereocenters. The quantitative estimate of drug-likeness (QED) is 0.804. The van der Waals surface area contributed by atoms with Gasteiger partial charge in [-0.3, -0.25) is 9.48 Å². The number of hydrogen-bond acceptors (Lipinski definition) is 5. The van der Waals surface area contributed by atoms with Crippen molar-refractivity contribution in [3.63, 3.8) is 0 Å². The van der Waals surface area contributed by atoms with E-state index in [-0.39, 0.29) is 5.91 Å². The molecule has 6 nitrogen and oxygen atoms in total. The van der Waals surface area contributed by atoms with E-state index in [1.807, 2.05) is 13.0 Å². The van der Waals surface area contributed by atoms with E-state index in [9.17, 15) is 4.79 Å². The first-order valence-electron chi connectivity index (χ1n) is 5.95. The van der Waals surface area contributed by atoms with Gasteiger partial charge in [-0.25, -0.2) is 4.98 Å². The Kier molecular flexibility index (Phi) is 3.11. The van der Waals surface area contributed by atoms with Crippen molar-refractivity contribution in [1.82, 2.24) is 14.8 Å². The van der Waals surface area contributed by atoms with Crippen LogP contribution >= 0.6 is 11.3 Å². The Morgan fingerprint density at radius 3 is 3.00 bits per heavy atom. The first-order valence-corrected chi connectivity index (χ1v) is 6.76. The third kappa shape index (κ3) is 2.35. The first kappa shape index (κ1) is 12.6. The number of anilines is 1. The van der Waals surface area contributed by atoms with Gasteiger partial charge in [0.25, 0.3) is 5.91 Å². The average Bonchev–Trinajstić information content (AvgIpc) is 3.09. The zero-order valence-corrected chi connectivity index (χ0v) is 11.8. The van der Waals surface area contributed by atoms with Gasteiger partial charge in [0.1, 0.15) is 5.69 Å². The average molecular weight is 288 g/mol. The molecular formula is C13H12N4O2S. The molecule has 7 heteroatoms. The fraction of sp³-hybridized carbons (Fsp3) is 0.154. The van der Waals surface area contributed by atoms with Gasteiger partial charge in [-0.05, 0) is 19.1 Å². The molecule has 0 aromatic carbocycles. The number of aromatic nitrogens is 3. The molecule has 0 saturated carbocycles. The van der Waals surface area contributed by atoms with Crippen LogP contribution < -0.4 is 5.32 Å². The van der Waals surface area contributed by atoms with Crippen LogP contribution in [-0.4, -0.2) is 20.7 Å². The van der Waals surface area contributed by atoms with E-state index in [0.29, 0.717) is 22.1 Å². The summed E-state index contributed by atoms with van der Waals surface area (Å²) >= 11 is 1.43. The third-order valence-electron chi connectivity index (χ3n) is 2.71. The molecular weight excluding hydrogens is 276 g/mol. The molecule has 20 heavy (non-hydrogen) atoms. The molecule has 0 saturated heterocycles. The molecule has 0 radical (unpaired) electrons. The van der Waals surface area contributed by atoms with E-state index >= 15 is 0 Å². The lowest BCUT2D eigenvalue weighted by molar-refractivity contribution is 0.102. The number of nitrogens with zero attached hydrogens (tertiary/aromatic N) is 3. The van der Waals surface area contributed by atoms with Crippen molar-refractivity contribution in [2.24, 2.45) is 7.05 Å². The number of rotatable bonds is 3. The van der Waals surface area contributed by atoms with Crippen LogP contribution in [0.15, 0.2) is 35.2 Å². The second kappa shape index (κ2) is 4.93. The number of hydrogen-bond donors (Lipinski definition) is 1. The number of aryl methyl sites for hydroxylation is 2. The van der Waals surface area contributed by atoms with Crippen LogP contribution in [0, 0.1) is 6.92 Å². The van der Waals surface area contributed by atoms with Crippen molar-refractivity contribution in [2.45, 2.75) is 6.92 Å². The van der Waals surface area contributed by atoms with Gasteiger partial charge >= 0.3 is 0 Å². The highest BCUT2D eigenvalue weighted by molar-refractivity contribution is 7.15. The SMILES string of the molecule is Cc1sc(-c2ccco2)nc1C(=O)Nc1cnn(C)c1. The molecule has 3 aromatic heterocycles. The summed E-state index contributed by atoms with van der Waals surface area (Å²) < 4.78 is 6.91. The monoisotopic (exact) mass is 288 g/mol. The first-order chi connectivity index (χ1) is 9.63. The standard InChI is InChI=1S/C13H12N4O2S/c1-8-11(12(18)15-9-6-14-17(2)7-9)16-13(20-8)10-4-3-5-19-10/h3-7H,1-2H3,(H,15,18). The second-order valence-corrected chi connectivity index (χ2v) is 5.46. The highest BCUT2D eigenvalue weighted by atomic mass is 32.1. The zero-order valence-electron chi connectivity index (χ0n) is 11.0. The summed E-state index contributed by atoms with van der Waals surface area (Å²) in [4.78, 5) is 17.4. The van der Waals surface area contributed by atoms with Crippen LogP contribution in [-0.2, 0) is 7.05 Å². The largest absolute Gasteiger partial charge is 0.462 e. The molecule has 3 heterocycles. The summed E-state index contributed by atoms with van der Waals surface area (Å²) in [6.07, 6.45) is 4.90. The van der Waals surface area contributed by atoms with Gasteiger partial charge < -0.3 is 9.73 Å². The lowest BCUT2D eigenvalue weighted by atomic mass is 10.3. The summed E-state index contributed by atoms with van der Waals surface area (Å²) in [6, 6.07) is 3.61. The minimum Gasteiger partial charge on any atom is -0.462 e. The maximum absolute atomic E-state index is 12.2. The van der Waals surface area contributed by atoms with Gasteiger partial charge in [0.15, 0.2) is 10.8 Å². The molecule has 102 valence electrons. The van der Waals surface area contributed by atoms with Gasteiger partial charge in [0.2, 0.25) is 0 Å². The molecule has 3 aromatic rings. The van der Waals surface area contributed by atoms with E-state index in [0.717, 1.165) is 4.88 Å². The third-order valence-corrected chi connectivity index (χ3v) is 3.69. The fourth-order valence-corrected chi connectivity index (χ4v) is 2.67. The van der Waals surface area contributed by atoms with Crippen molar-refractivity contribution < 1.29 is 9.21 Å². The minimum atomic E-state index is -0.246. The lowest BCUT2D eigenvalue weighted by Crippen LogP contribution is -2.13. The molecule has 0 aliphatic heterocycles. The predicted octanol–water partition coefficient (Wildman–Crippen LogP) is 2.70. The summed E-state index contributed by atoms with van der Waals surface area (Å²) in [5.41, 5.74) is 1.05. The summed E-state index contributed by atoms with van der Waals surface area (Å²) in [5.74, 6) is 0.420. The van der Waals surface area contributed by atoms with Crippen molar-refractivity contribution >= 4 is 22.9 Å². The Bertz CT molecular complexity index is 742. The van der Waals surface area contributed by atoms with Crippen LogP contribution in [0.25, 0.3) is 10.8 Å². The number of thiazole rings is 1. The van der Waals surface area contributed by atoms with Crippen molar-refractivity contribution in [3.8, 4) is 10.8 Å². The van der Waals surface area contributed by atoms with Crippen LogP contribution in [0.1, 0.15) is 15.4 Å². The molecule has 1 amide bonds. The van der Waals surface area contributed by atoms with E-state index < -0.39 is 0 Å². The number of nitrogens with one attached hydrogen (secondary N) is 1. The fourth-order valence-electron chi connectivity index (χ4n) is 1.79. The summed E-state index contributed by atoms with van der Waals surface area (Å²) in [6.45, 7) is 1.86. The molecule has 1 N–H and O–H groups in total. The second-order valence-electron chi connectivity index (χ2n) is 4.26. The Hall–Kier alpha value is -2.41. The Morgan fingerprint density at radius 1 is 1.50 bits per heavy atom. The van der Waals surface area contributed by atoms with Crippen molar-refractivity contribution in [1.29, 1.82) is 0 Å². The molecule has 0 atom stereocenters. The van der Waals surface area contributed by atoms with Crippen LogP contribution in [0.4, 0.5) is 5.69 Å². The minimum absolute atomic E-state index is 0.246. The Morgan fingerprint density at radius 2 is 2.35 bits per heavy atom. The summed E-state index contributed by atoms with van der Waals surface area (Å²) in [5, 5.41) is 7.47. The molecule has 0 fully saturated rings. The molecule has 0 aliphatic carbocycles. The predicted molar refractivity (Wildman–Crippen MR) is 75.7 cm³/mol. The topological polar surface area (TPSA) is 73.0 Å². The van der Waals surface area contributed by atoms with Crippen LogP contribution in [0.3, 0.4) is 0 Å². The van der Waals surface area contributed by atoms with Crippen molar-refractivity contribution in [2.75, 3.05) is 5.32 Å². The maximum atomic E-state index is 12.2. The highest BCUT2D eigenvalue weighted by Crippen LogP contribution is 2.28. The van der Waals surface area contributed by atoms with E-state index in [2.05, 4.69) is 15.4 Å².